The van der Waals surface area contributed by atoms with E-state index in [1.54, 1.807) is 7.05 Å². The molecule has 2 fully saturated rings. The van der Waals surface area contributed by atoms with Gasteiger partial charge in [-0.25, -0.2) is 0 Å². The Balaban J connectivity index is 2.63. The molecule has 0 aromatic carbocycles. The summed E-state index contributed by atoms with van der Waals surface area (Å²) in [5, 5.41) is 2.73. The fourth-order valence-electron chi connectivity index (χ4n) is 3.68. The first kappa shape index (κ1) is 12.1. The molecule has 2 aliphatic carbocycles. The standard InChI is InChI=1S/C12H18BrNO2/c1-10(2)11(3)5-6-12(10,9(16)14-4)7(13)8(11)15/h7H,5-6H2,1-4H3,(H,14,16)/t7-,11-,12-/m0/s1. The van der Waals surface area contributed by atoms with Crippen LogP contribution in [0.2, 0.25) is 0 Å². The lowest BCUT2D eigenvalue weighted by atomic mass is 9.64. The van der Waals surface area contributed by atoms with E-state index < -0.39 is 5.41 Å². The van der Waals surface area contributed by atoms with Crippen LogP contribution in [0.1, 0.15) is 33.6 Å². The number of fused-ring (bicyclic) bond motifs is 2. The van der Waals surface area contributed by atoms with Gasteiger partial charge in [0, 0.05) is 12.5 Å². The first-order chi connectivity index (χ1) is 7.25. The lowest BCUT2D eigenvalue weighted by Gasteiger charge is -2.39. The van der Waals surface area contributed by atoms with Crippen LogP contribution in [0, 0.1) is 16.2 Å². The molecule has 2 rings (SSSR count). The Kier molecular flexibility index (Phi) is 2.34. The number of amides is 1. The Labute approximate surface area is 104 Å². The number of carbonyl (C=O) groups is 2. The highest BCUT2D eigenvalue weighted by Gasteiger charge is 2.76. The van der Waals surface area contributed by atoms with Crippen LogP contribution in [0.5, 0.6) is 0 Å². The van der Waals surface area contributed by atoms with E-state index in [2.05, 4.69) is 35.1 Å². The molecule has 2 aliphatic rings. The second-order valence-corrected chi connectivity index (χ2v) is 6.65. The maximum atomic E-state index is 12.3. The largest absolute Gasteiger partial charge is 0.359 e. The minimum atomic E-state index is -0.576. The van der Waals surface area contributed by atoms with E-state index in [4.69, 9.17) is 0 Å². The molecule has 0 radical (unpaired) electrons. The van der Waals surface area contributed by atoms with E-state index in [0.717, 1.165) is 12.8 Å². The van der Waals surface area contributed by atoms with Gasteiger partial charge < -0.3 is 5.32 Å². The number of Topliss-reactive ketones (excluding diaryl/α,β-unsaturated/α-hetero) is 1. The molecule has 0 aromatic rings. The summed E-state index contributed by atoms with van der Waals surface area (Å²) in [6.45, 7) is 6.10. The highest BCUT2D eigenvalue weighted by molar-refractivity contribution is 9.10. The Morgan fingerprint density at radius 2 is 1.94 bits per heavy atom. The number of halogens is 1. The number of hydrogen-bond donors (Lipinski definition) is 1. The number of rotatable bonds is 1. The molecule has 0 spiro atoms. The molecule has 1 amide bonds. The molecule has 0 aromatic heterocycles. The summed E-state index contributed by atoms with van der Waals surface area (Å²) in [6.07, 6.45) is 1.60. The zero-order chi connectivity index (χ0) is 12.4. The maximum absolute atomic E-state index is 12.3. The van der Waals surface area contributed by atoms with E-state index in [-0.39, 0.29) is 27.3 Å². The Hall–Kier alpha value is -0.380. The first-order valence-electron chi connectivity index (χ1n) is 5.66. The van der Waals surface area contributed by atoms with Crippen molar-refractivity contribution in [1.82, 2.24) is 5.32 Å². The summed E-state index contributed by atoms with van der Waals surface area (Å²) >= 11 is 3.46. The first-order valence-corrected chi connectivity index (χ1v) is 6.58. The maximum Gasteiger partial charge on any atom is 0.228 e. The van der Waals surface area contributed by atoms with Gasteiger partial charge in [0.25, 0.3) is 0 Å². The third-order valence-electron chi connectivity index (χ3n) is 5.35. The molecule has 0 unspecified atom stereocenters. The third kappa shape index (κ3) is 0.918. The molecule has 16 heavy (non-hydrogen) atoms. The van der Waals surface area contributed by atoms with E-state index >= 15 is 0 Å². The van der Waals surface area contributed by atoms with Gasteiger partial charge in [0.2, 0.25) is 5.91 Å². The molecule has 0 aliphatic heterocycles. The molecule has 3 atom stereocenters. The van der Waals surface area contributed by atoms with Crippen molar-refractivity contribution in [3.63, 3.8) is 0 Å². The SMILES string of the molecule is CNC(=O)[C@]12CC[C@@](C)(C(=O)[C@@H]1Br)C2(C)C. The van der Waals surface area contributed by atoms with Gasteiger partial charge in [-0.1, -0.05) is 36.7 Å². The van der Waals surface area contributed by atoms with E-state index in [9.17, 15) is 9.59 Å². The number of ketones is 1. The quantitative estimate of drug-likeness (QED) is 0.749. The van der Waals surface area contributed by atoms with Gasteiger partial charge in [-0.05, 0) is 18.3 Å². The summed E-state index contributed by atoms with van der Waals surface area (Å²) in [5.41, 5.74) is -1.23. The van der Waals surface area contributed by atoms with Gasteiger partial charge in [0.05, 0.1) is 10.2 Å². The highest BCUT2D eigenvalue weighted by Crippen LogP contribution is 2.72. The van der Waals surface area contributed by atoms with Crippen molar-refractivity contribution in [2.45, 2.75) is 38.4 Å². The molecule has 1 N–H and O–H groups in total. The van der Waals surface area contributed by atoms with Gasteiger partial charge >= 0.3 is 0 Å². The molecular weight excluding hydrogens is 270 g/mol. The summed E-state index contributed by atoms with van der Waals surface area (Å²) in [7, 11) is 1.64. The van der Waals surface area contributed by atoms with Crippen molar-refractivity contribution in [3.8, 4) is 0 Å². The Morgan fingerprint density at radius 1 is 1.38 bits per heavy atom. The van der Waals surface area contributed by atoms with Gasteiger partial charge in [0.1, 0.15) is 0 Å². The number of nitrogens with one attached hydrogen (secondary N) is 1. The van der Waals surface area contributed by atoms with Crippen LogP contribution in [0.3, 0.4) is 0 Å². The molecule has 0 saturated heterocycles. The third-order valence-corrected chi connectivity index (χ3v) is 6.55. The predicted octanol–water partition coefficient (Wildman–Crippen LogP) is 1.89. The predicted molar refractivity (Wildman–Crippen MR) is 65.3 cm³/mol. The molecule has 2 saturated carbocycles. The fourth-order valence-corrected chi connectivity index (χ4v) is 5.19. The second-order valence-electron chi connectivity index (χ2n) is 5.73. The van der Waals surface area contributed by atoms with Crippen molar-refractivity contribution in [3.05, 3.63) is 0 Å². The van der Waals surface area contributed by atoms with Crippen molar-refractivity contribution < 1.29 is 9.59 Å². The van der Waals surface area contributed by atoms with Gasteiger partial charge in [0.15, 0.2) is 5.78 Å². The van der Waals surface area contributed by atoms with Crippen LogP contribution >= 0.6 is 15.9 Å². The zero-order valence-electron chi connectivity index (χ0n) is 10.2. The molecule has 90 valence electrons. The fraction of sp³-hybridized carbons (Fsp3) is 0.833. The van der Waals surface area contributed by atoms with E-state index in [0.29, 0.717) is 0 Å². The van der Waals surface area contributed by atoms with Gasteiger partial charge in [-0.2, -0.15) is 0 Å². The van der Waals surface area contributed by atoms with Crippen molar-refractivity contribution in [2.24, 2.45) is 16.2 Å². The number of alkyl halides is 1. The van der Waals surface area contributed by atoms with Crippen molar-refractivity contribution >= 4 is 27.6 Å². The molecule has 3 nitrogen and oxygen atoms in total. The minimum absolute atomic E-state index is 0.00560. The summed E-state index contributed by atoms with van der Waals surface area (Å²) in [4.78, 5) is 24.2. The lowest BCUT2D eigenvalue weighted by Crippen LogP contribution is -2.49. The number of carbonyl (C=O) groups excluding carboxylic acids is 2. The zero-order valence-corrected chi connectivity index (χ0v) is 11.8. The van der Waals surface area contributed by atoms with Crippen LogP contribution in [-0.2, 0) is 9.59 Å². The Morgan fingerprint density at radius 3 is 2.31 bits per heavy atom. The molecular formula is C12H18BrNO2. The lowest BCUT2D eigenvalue weighted by molar-refractivity contribution is -0.135. The van der Waals surface area contributed by atoms with Crippen molar-refractivity contribution in [1.29, 1.82) is 0 Å². The topological polar surface area (TPSA) is 46.2 Å². The van der Waals surface area contributed by atoms with Gasteiger partial charge in [-0.3, -0.25) is 9.59 Å². The average molecular weight is 288 g/mol. The summed E-state index contributed by atoms with van der Waals surface area (Å²) < 4.78 is 0. The molecule has 2 bridgehead atoms. The summed E-state index contributed by atoms with van der Waals surface area (Å²) in [6, 6.07) is 0. The van der Waals surface area contributed by atoms with Crippen LogP contribution in [0.25, 0.3) is 0 Å². The normalized spacial score (nSPS) is 44.8. The number of hydrogen-bond acceptors (Lipinski definition) is 2. The molecule has 0 heterocycles. The van der Waals surface area contributed by atoms with Crippen LogP contribution in [-0.4, -0.2) is 23.6 Å². The molecule has 4 heteroatoms. The van der Waals surface area contributed by atoms with Crippen LogP contribution in [0.4, 0.5) is 0 Å². The van der Waals surface area contributed by atoms with Crippen LogP contribution in [0.15, 0.2) is 0 Å². The minimum Gasteiger partial charge on any atom is -0.359 e. The average Bonchev–Trinajstić information content (AvgIpc) is 2.51. The van der Waals surface area contributed by atoms with E-state index in [1.165, 1.54) is 0 Å². The van der Waals surface area contributed by atoms with E-state index in [1.807, 2.05) is 6.92 Å². The Bertz CT molecular complexity index is 379. The summed E-state index contributed by atoms with van der Waals surface area (Å²) in [5.74, 6) is 0.182. The second kappa shape index (κ2) is 3.09. The highest BCUT2D eigenvalue weighted by atomic mass is 79.9. The van der Waals surface area contributed by atoms with Crippen molar-refractivity contribution in [2.75, 3.05) is 7.05 Å². The smallest absolute Gasteiger partial charge is 0.228 e. The van der Waals surface area contributed by atoms with Gasteiger partial charge in [-0.15, -0.1) is 0 Å². The monoisotopic (exact) mass is 287 g/mol. The van der Waals surface area contributed by atoms with Crippen LogP contribution < -0.4 is 5.32 Å².